The van der Waals surface area contributed by atoms with E-state index in [1.807, 2.05) is 0 Å². The zero-order valence-corrected chi connectivity index (χ0v) is 33.9. The molecule has 0 bridgehead atoms. The third kappa shape index (κ3) is 9.52. The topological polar surface area (TPSA) is 64.6 Å². The van der Waals surface area contributed by atoms with Gasteiger partial charge in [-0.2, -0.15) is 0 Å². The Hall–Kier alpha value is -0.196. The maximum Gasteiger partial charge on any atom is 0.333 e. The SMILES string of the molecule is CC[C@H]1OC[C@@H](O[Si](C)(C)C(C)(C)C)C1O[P@@](OC[C@H]1OC[C@@H](O[Si](C)(C)C(C)(C)C)C1C)O[C@H](c1ccccc1)C1CCCC1. The molecule has 46 heavy (non-hydrogen) atoms. The molecule has 1 aromatic carbocycles. The summed E-state index contributed by atoms with van der Waals surface area (Å²) in [5.41, 5.74) is 1.19. The summed E-state index contributed by atoms with van der Waals surface area (Å²) in [7, 11) is -5.73. The Balaban J connectivity index is 1.54. The normalized spacial score (nSPS) is 29.8. The van der Waals surface area contributed by atoms with Gasteiger partial charge in [-0.25, -0.2) is 0 Å². The summed E-state index contributed by atoms with van der Waals surface area (Å²) in [6.07, 6.45) is 5.00. The lowest BCUT2D eigenvalue weighted by Crippen LogP contribution is -2.48. The van der Waals surface area contributed by atoms with E-state index in [1.165, 1.54) is 18.4 Å². The molecule has 3 aliphatic rings. The minimum absolute atomic E-state index is 0.0631. The van der Waals surface area contributed by atoms with Crippen molar-refractivity contribution in [2.45, 2.75) is 160 Å². The molecule has 8 atom stereocenters. The van der Waals surface area contributed by atoms with Gasteiger partial charge in [0.05, 0.1) is 50.3 Å². The van der Waals surface area contributed by atoms with Crippen LogP contribution in [0.1, 0.15) is 99.2 Å². The molecule has 10 heteroatoms. The first-order valence-corrected chi connectivity index (χ1v) is 24.7. The van der Waals surface area contributed by atoms with Crippen molar-refractivity contribution < 1.29 is 31.9 Å². The zero-order chi connectivity index (χ0) is 33.9. The second kappa shape index (κ2) is 15.8. The van der Waals surface area contributed by atoms with E-state index < -0.39 is 25.2 Å². The van der Waals surface area contributed by atoms with Gasteiger partial charge < -0.3 is 31.9 Å². The van der Waals surface area contributed by atoms with E-state index in [-0.39, 0.29) is 52.6 Å². The van der Waals surface area contributed by atoms with Gasteiger partial charge in [0, 0.05) is 5.92 Å². The number of benzene rings is 1. The Bertz CT molecular complexity index is 1070. The second-order valence-corrected chi connectivity index (χ2v) is 27.6. The molecule has 0 aromatic heterocycles. The average molecular weight is 697 g/mol. The highest BCUT2D eigenvalue weighted by Crippen LogP contribution is 2.53. The van der Waals surface area contributed by atoms with Crippen LogP contribution in [0.4, 0.5) is 0 Å². The Morgan fingerprint density at radius 1 is 0.826 bits per heavy atom. The number of rotatable bonds is 14. The van der Waals surface area contributed by atoms with Crippen LogP contribution in [0.5, 0.6) is 0 Å². The van der Waals surface area contributed by atoms with E-state index in [4.69, 9.17) is 31.9 Å². The Morgan fingerprint density at radius 3 is 1.93 bits per heavy atom. The van der Waals surface area contributed by atoms with Gasteiger partial charge >= 0.3 is 8.60 Å². The van der Waals surface area contributed by atoms with Gasteiger partial charge in [-0.05, 0) is 67.0 Å². The van der Waals surface area contributed by atoms with Crippen molar-refractivity contribution >= 4 is 25.2 Å². The van der Waals surface area contributed by atoms with Crippen LogP contribution >= 0.6 is 8.60 Å². The van der Waals surface area contributed by atoms with Crippen LogP contribution in [-0.2, 0) is 31.9 Å². The van der Waals surface area contributed by atoms with E-state index in [9.17, 15) is 0 Å². The van der Waals surface area contributed by atoms with Gasteiger partial charge in [-0.15, -0.1) is 0 Å². The summed E-state index contributed by atoms with van der Waals surface area (Å²) in [5.74, 6) is 0.642. The molecule has 2 heterocycles. The molecule has 7 nitrogen and oxygen atoms in total. The van der Waals surface area contributed by atoms with Gasteiger partial charge in [0.25, 0.3) is 0 Å². The predicted octanol–water partition coefficient (Wildman–Crippen LogP) is 10.2. The summed E-state index contributed by atoms with van der Waals surface area (Å²) in [5, 5.41) is 0.228. The maximum absolute atomic E-state index is 7.01. The quantitative estimate of drug-likeness (QED) is 0.142. The molecule has 2 saturated heterocycles. The number of hydrogen-bond acceptors (Lipinski definition) is 7. The van der Waals surface area contributed by atoms with Crippen molar-refractivity contribution in [2.24, 2.45) is 11.8 Å². The van der Waals surface area contributed by atoms with Crippen LogP contribution in [0.15, 0.2) is 30.3 Å². The first-order chi connectivity index (χ1) is 21.4. The summed E-state index contributed by atoms with van der Waals surface area (Å²) in [6, 6.07) is 10.6. The van der Waals surface area contributed by atoms with Crippen molar-refractivity contribution in [2.75, 3.05) is 19.8 Å². The minimum atomic E-state index is -2.07. The Morgan fingerprint density at radius 2 is 1.37 bits per heavy atom. The molecule has 2 unspecified atom stereocenters. The standard InChI is InChI=1S/C36H65O7PSi2/c1-13-29-34(32(24-37-29)43-46(11,12)36(6,7)8)41-44(40-33(28-21-17-18-22-28)27-19-15-14-16-20-27)39-25-30-26(2)31(23-38-30)42-45(9,10)35(3,4)5/h14-16,19-20,26,28-34H,13,17-18,21-25H2,1-12H3/t26?,29-,30-,31-,32-,33-,34?,44+/m1/s1. The first-order valence-electron chi connectivity index (χ1n) is 17.8. The highest BCUT2D eigenvalue weighted by Gasteiger charge is 2.48. The lowest BCUT2D eigenvalue weighted by molar-refractivity contribution is -0.00834. The third-order valence-corrected chi connectivity index (χ3v) is 21.7. The van der Waals surface area contributed by atoms with Crippen molar-refractivity contribution in [3.8, 4) is 0 Å². The van der Waals surface area contributed by atoms with Crippen LogP contribution in [0.25, 0.3) is 0 Å². The van der Waals surface area contributed by atoms with E-state index >= 15 is 0 Å². The summed E-state index contributed by atoms with van der Waals surface area (Å²) < 4.78 is 47.0. The maximum atomic E-state index is 7.01. The Kier molecular flexibility index (Phi) is 13.2. The first kappa shape index (κ1) is 38.6. The fourth-order valence-corrected chi connectivity index (χ4v) is 10.3. The average Bonchev–Trinajstić information content (AvgIpc) is 3.71. The lowest BCUT2D eigenvalue weighted by Gasteiger charge is -2.40. The van der Waals surface area contributed by atoms with Crippen molar-refractivity contribution in [1.82, 2.24) is 0 Å². The molecule has 0 spiro atoms. The van der Waals surface area contributed by atoms with Crippen molar-refractivity contribution in [3.63, 3.8) is 0 Å². The molecule has 2 aliphatic heterocycles. The third-order valence-electron chi connectivity index (χ3n) is 11.5. The van der Waals surface area contributed by atoms with Gasteiger partial charge in [0.2, 0.25) is 0 Å². The predicted molar refractivity (Wildman–Crippen MR) is 193 cm³/mol. The molecular weight excluding hydrogens is 632 g/mol. The van der Waals surface area contributed by atoms with Gasteiger partial charge in [0.15, 0.2) is 16.6 Å². The second-order valence-electron chi connectivity index (χ2n) is 16.9. The van der Waals surface area contributed by atoms with Crippen LogP contribution in [0.3, 0.4) is 0 Å². The van der Waals surface area contributed by atoms with Crippen LogP contribution < -0.4 is 0 Å². The van der Waals surface area contributed by atoms with Crippen LogP contribution in [0, 0.1) is 11.8 Å². The monoisotopic (exact) mass is 696 g/mol. The van der Waals surface area contributed by atoms with Gasteiger partial charge in [0.1, 0.15) is 6.10 Å². The van der Waals surface area contributed by atoms with Gasteiger partial charge in [-0.3, -0.25) is 0 Å². The van der Waals surface area contributed by atoms with Crippen LogP contribution in [-0.4, -0.2) is 67.0 Å². The summed E-state index contributed by atoms with van der Waals surface area (Å²) >= 11 is 0. The molecule has 0 N–H and O–H groups in total. The van der Waals surface area contributed by atoms with Crippen molar-refractivity contribution in [3.05, 3.63) is 35.9 Å². The highest BCUT2D eigenvalue weighted by molar-refractivity contribution is 7.41. The molecule has 4 rings (SSSR count). The highest BCUT2D eigenvalue weighted by atomic mass is 31.2. The van der Waals surface area contributed by atoms with E-state index in [1.54, 1.807) is 0 Å². The largest absolute Gasteiger partial charge is 0.411 e. The lowest BCUT2D eigenvalue weighted by atomic mass is 9.95. The molecular formula is C36H65O7PSi2. The Labute approximate surface area is 284 Å². The van der Waals surface area contributed by atoms with E-state index in [2.05, 4.69) is 112 Å². The molecule has 0 amide bonds. The summed E-state index contributed by atoms with van der Waals surface area (Å²) in [4.78, 5) is 0. The molecule has 264 valence electrons. The van der Waals surface area contributed by atoms with Crippen LogP contribution in [0.2, 0.25) is 36.3 Å². The molecule has 0 radical (unpaired) electrons. The number of ether oxygens (including phenoxy) is 2. The van der Waals surface area contributed by atoms with E-state index in [0.717, 1.165) is 19.3 Å². The van der Waals surface area contributed by atoms with E-state index in [0.29, 0.717) is 25.7 Å². The molecule has 3 fully saturated rings. The smallest absolute Gasteiger partial charge is 0.333 e. The fraction of sp³-hybridized carbons (Fsp3) is 0.833. The fourth-order valence-electron chi connectivity index (χ4n) is 6.18. The zero-order valence-electron chi connectivity index (χ0n) is 31.0. The van der Waals surface area contributed by atoms with Gasteiger partial charge in [-0.1, -0.05) is 98.6 Å². The molecule has 1 aromatic rings. The van der Waals surface area contributed by atoms with Crippen molar-refractivity contribution in [1.29, 1.82) is 0 Å². The minimum Gasteiger partial charge on any atom is -0.411 e. The molecule has 1 saturated carbocycles. The summed E-state index contributed by atoms with van der Waals surface area (Å²) in [6.45, 7) is 28.8. The number of hydrogen-bond donors (Lipinski definition) is 0. The molecule has 1 aliphatic carbocycles.